The van der Waals surface area contributed by atoms with Crippen molar-refractivity contribution >= 4 is 34.5 Å². The Hall–Kier alpha value is -2.03. The van der Waals surface area contributed by atoms with Crippen LogP contribution in [0.4, 0.5) is 18.9 Å². The van der Waals surface area contributed by atoms with Gasteiger partial charge in [-0.25, -0.2) is 4.99 Å². The number of amidine groups is 1. The van der Waals surface area contributed by atoms with Gasteiger partial charge >= 0.3 is 12.1 Å². The van der Waals surface area contributed by atoms with Gasteiger partial charge in [-0.1, -0.05) is 17.8 Å². The average Bonchev–Trinajstić information content (AvgIpc) is 2.75. The fourth-order valence-electron chi connectivity index (χ4n) is 1.89. The van der Waals surface area contributed by atoms with E-state index in [1.807, 2.05) is 0 Å². The van der Waals surface area contributed by atoms with Crippen LogP contribution in [-0.4, -0.2) is 41.4 Å². The molecule has 1 atom stereocenters. The van der Waals surface area contributed by atoms with Gasteiger partial charge in [-0.05, 0) is 18.2 Å². The molecule has 5 nitrogen and oxygen atoms in total. The van der Waals surface area contributed by atoms with Crippen molar-refractivity contribution in [1.29, 1.82) is 0 Å². The van der Waals surface area contributed by atoms with E-state index < -0.39 is 23.0 Å². The first-order chi connectivity index (χ1) is 10.7. The summed E-state index contributed by atoms with van der Waals surface area (Å²) in [5, 5.41) is -0.444. The molecule has 1 heterocycles. The van der Waals surface area contributed by atoms with E-state index >= 15 is 0 Å². The molecule has 9 heteroatoms. The zero-order valence-electron chi connectivity index (χ0n) is 12.3. The van der Waals surface area contributed by atoms with Crippen LogP contribution in [0.25, 0.3) is 0 Å². The number of thioether (sulfide) groups is 1. The molecule has 1 amide bonds. The molecule has 1 aliphatic heterocycles. The molecule has 23 heavy (non-hydrogen) atoms. The molecular weight excluding hydrogens is 333 g/mol. The third kappa shape index (κ3) is 4.04. The lowest BCUT2D eigenvalue weighted by Gasteiger charge is -2.09. The van der Waals surface area contributed by atoms with Gasteiger partial charge in [0.2, 0.25) is 5.91 Å². The smallest absolute Gasteiger partial charge is 0.416 e. The van der Waals surface area contributed by atoms with Gasteiger partial charge < -0.3 is 4.74 Å². The van der Waals surface area contributed by atoms with E-state index in [1.54, 1.807) is 0 Å². The van der Waals surface area contributed by atoms with Gasteiger partial charge in [0.25, 0.3) is 0 Å². The largest absolute Gasteiger partial charge is 0.469 e. The van der Waals surface area contributed by atoms with Crippen molar-refractivity contribution in [2.75, 3.05) is 14.2 Å². The van der Waals surface area contributed by atoms with E-state index in [0.29, 0.717) is 0 Å². The number of ether oxygens (including phenoxy) is 1. The fourth-order valence-corrected chi connectivity index (χ4v) is 3.03. The topological polar surface area (TPSA) is 59.0 Å². The predicted molar refractivity (Wildman–Crippen MR) is 79.3 cm³/mol. The first-order valence-electron chi connectivity index (χ1n) is 6.49. The third-order valence-corrected chi connectivity index (χ3v) is 4.35. The molecular formula is C14H13F3N2O3S. The molecule has 2 rings (SSSR count). The highest BCUT2D eigenvalue weighted by Crippen LogP contribution is 2.34. The van der Waals surface area contributed by atoms with Crippen molar-refractivity contribution in [2.24, 2.45) is 4.99 Å². The van der Waals surface area contributed by atoms with E-state index in [1.165, 1.54) is 31.2 Å². The van der Waals surface area contributed by atoms with Crippen molar-refractivity contribution < 1.29 is 27.5 Å². The predicted octanol–water partition coefficient (Wildman–Crippen LogP) is 2.83. The van der Waals surface area contributed by atoms with Crippen molar-refractivity contribution in [2.45, 2.75) is 17.8 Å². The number of halogens is 3. The van der Waals surface area contributed by atoms with Crippen LogP contribution in [0.3, 0.4) is 0 Å². The van der Waals surface area contributed by atoms with Gasteiger partial charge in [0, 0.05) is 7.05 Å². The van der Waals surface area contributed by atoms with Gasteiger partial charge in [-0.3, -0.25) is 14.5 Å². The Labute approximate surface area is 134 Å². The number of esters is 1. The molecule has 1 aromatic carbocycles. The Morgan fingerprint density at radius 2 is 2.13 bits per heavy atom. The van der Waals surface area contributed by atoms with E-state index in [-0.39, 0.29) is 23.2 Å². The van der Waals surface area contributed by atoms with Crippen LogP contribution in [0, 0.1) is 0 Å². The van der Waals surface area contributed by atoms with E-state index in [0.717, 1.165) is 23.9 Å². The minimum Gasteiger partial charge on any atom is -0.469 e. The highest BCUT2D eigenvalue weighted by Gasteiger charge is 2.37. The molecule has 1 fully saturated rings. The number of aliphatic imine (C=N–C) groups is 1. The summed E-state index contributed by atoms with van der Waals surface area (Å²) in [6.07, 6.45) is -4.58. The first kappa shape index (κ1) is 17.3. The van der Waals surface area contributed by atoms with Crippen LogP contribution >= 0.6 is 11.8 Å². The third-order valence-electron chi connectivity index (χ3n) is 3.12. The second-order valence-corrected chi connectivity index (χ2v) is 5.90. The molecule has 0 spiro atoms. The highest BCUT2D eigenvalue weighted by molar-refractivity contribution is 8.15. The number of hydrogen-bond donors (Lipinski definition) is 0. The Bertz CT molecular complexity index is 661. The maximum absolute atomic E-state index is 12.7. The number of hydrogen-bond acceptors (Lipinski definition) is 5. The molecule has 124 valence electrons. The summed E-state index contributed by atoms with van der Waals surface area (Å²) in [6, 6.07) is 4.50. The van der Waals surface area contributed by atoms with Crippen LogP contribution in [0.2, 0.25) is 0 Å². The quantitative estimate of drug-likeness (QED) is 0.790. The Balaban J connectivity index is 2.23. The number of nitrogens with zero attached hydrogens (tertiary/aromatic N) is 2. The molecule has 0 N–H and O–H groups in total. The maximum atomic E-state index is 12.7. The molecule has 0 radical (unpaired) electrons. The maximum Gasteiger partial charge on any atom is 0.416 e. The van der Waals surface area contributed by atoms with Crippen molar-refractivity contribution in [3.05, 3.63) is 29.8 Å². The van der Waals surface area contributed by atoms with Crippen molar-refractivity contribution in [3.8, 4) is 0 Å². The molecule has 1 aromatic rings. The van der Waals surface area contributed by atoms with Gasteiger partial charge in [0.1, 0.15) is 5.25 Å². The summed E-state index contributed by atoms with van der Waals surface area (Å²) in [5.41, 5.74) is -0.733. The number of methoxy groups -OCH3 is 1. The van der Waals surface area contributed by atoms with Gasteiger partial charge in [0.05, 0.1) is 24.8 Å². The number of amides is 1. The fraction of sp³-hybridized carbons (Fsp3) is 0.357. The normalized spacial score (nSPS) is 20.2. The number of rotatable bonds is 3. The second kappa shape index (κ2) is 6.61. The van der Waals surface area contributed by atoms with Gasteiger partial charge in [0.15, 0.2) is 5.17 Å². The molecule has 0 aliphatic carbocycles. The van der Waals surface area contributed by atoms with Crippen LogP contribution in [0.15, 0.2) is 29.3 Å². The lowest BCUT2D eigenvalue weighted by atomic mass is 10.2. The average molecular weight is 346 g/mol. The van der Waals surface area contributed by atoms with Crippen LogP contribution in [-0.2, 0) is 20.5 Å². The summed E-state index contributed by atoms with van der Waals surface area (Å²) in [7, 11) is 2.67. The van der Waals surface area contributed by atoms with Crippen LogP contribution < -0.4 is 0 Å². The number of alkyl halides is 3. The molecule has 0 saturated carbocycles. The number of carbonyl (C=O) groups excluding carboxylic acids is 2. The van der Waals surface area contributed by atoms with E-state index in [2.05, 4.69) is 9.73 Å². The summed E-state index contributed by atoms with van der Waals surface area (Å²) < 4.78 is 42.6. The lowest BCUT2D eigenvalue weighted by Crippen LogP contribution is -2.29. The number of benzene rings is 1. The standard InChI is InChI=1S/C14H13F3N2O3S/c1-19-12(21)10(7-11(20)22-2)23-13(19)18-9-5-3-4-8(6-9)14(15,16)17/h3-6,10H,7H2,1-2H3. The number of carbonyl (C=O) groups is 2. The van der Waals surface area contributed by atoms with E-state index in [4.69, 9.17) is 0 Å². The van der Waals surface area contributed by atoms with Gasteiger partial charge in [-0.2, -0.15) is 13.2 Å². The summed E-state index contributed by atoms with van der Waals surface area (Å²) in [4.78, 5) is 28.6. The Kier molecular flexibility index (Phi) is 4.98. The lowest BCUT2D eigenvalue weighted by molar-refractivity contribution is -0.142. The monoisotopic (exact) mass is 346 g/mol. The molecule has 1 unspecified atom stereocenters. The van der Waals surface area contributed by atoms with Crippen LogP contribution in [0.5, 0.6) is 0 Å². The summed E-state index contributed by atoms with van der Waals surface area (Å²) in [6.45, 7) is 0. The Morgan fingerprint density at radius 3 is 2.74 bits per heavy atom. The molecule has 0 bridgehead atoms. The second-order valence-electron chi connectivity index (χ2n) is 4.73. The minimum atomic E-state index is -4.46. The van der Waals surface area contributed by atoms with Gasteiger partial charge in [-0.15, -0.1) is 0 Å². The molecule has 0 aromatic heterocycles. The summed E-state index contributed by atoms with van der Waals surface area (Å²) in [5.74, 6) is -0.879. The van der Waals surface area contributed by atoms with Crippen LogP contribution in [0.1, 0.15) is 12.0 Å². The highest BCUT2D eigenvalue weighted by atomic mass is 32.2. The zero-order valence-corrected chi connectivity index (χ0v) is 13.1. The van der Waals surface area contributed by atoms with E-state index in [9.17, 15) is 22.8 Å². The first-order valence-corrected chi connectivity index (χ1v) is 7.37. The summed E-state index contributed by atoms with van der Waals surface area (Å²) >= 11 is 1.02. The Morgan fingerprint density at radius 1 is 1.43 bits per heavy atom. The minimum absolute atomic E-state index is 0.0840. The van der Waals surface area contributed by atoms with Crippen molar-refractivity contribution in [3.63, 3.8) is 0 Å². The van der Waals surface area contributed by atoms with Crippen molar-refractivity contribution in [1.82, 2.24) is 4.90 Å². The molecule has 1 aliphatic rings. The molecule has 1 saturated heterocycles. The zero-order chi connectivity index (χ0) is 17.2. The SMILES string of the molecule is COC(=O)CC1SC(=Nc2cccc(C(F)(F)F)c2)N(C)C1=O.